The van der Waals surface area contributed by atoms with Gasteiger partial charge < -0.3 is 18.7 Å². The zero-order valence-electron chi connectivity index (χ0n) is 13.1. The number of aromatic nitrogens is 2. The number of benzene rings is 1. The molecule has 0 bridgehead atoms. The van der Waals surface area contributed by atoms with E-state index in [-0.39, 0.29) is 36.3 Å². The van der Waals surface area contributed by atoms with Gasteiger partial charge in [-0.3, -0.25) is 4.79 Å². The van der Waals surface area contributed by atoms with Gasteiger partial charge in [0.15, 0.2) is 28.8 Å². The molecule has 0 unspecified atom stereocenters. The van der Waals surface area contributed by atoms with Crippen LogP contribution in [0.5, 0.6) is 5.75 Å². The lowest BCUT2D eigenvalue weighted by molar-refractivity contribution is 0.0761. The van der Waals surface area contributed by atoms with Gasteiger partial charge in [0.1, 0.15) is 12.4 Å². The van der Waals surface area contributed by atoms with Crippen molar-refractivity contribution in [3.05, 3.63) is 65.4 Å². The van der Waals surface area contributed by atoms with E-state index in [9.17, 15) is 13.6 Å². The fourth-order valence-electron chi connectivity index (χ4n) is 2.03. The molecular formula is C16H13F2N3O4. The molecule has 7 nitrogen and oxygen atoms in total. The molecule has 130 valence electrons. The Hall–Kier alpha value is -3.23. The van der Waals surface area contributed by atoms with Gasteiger partial charge in [-0.05, 0) is 12.1 Å². The normalized spacial score (nSPS) is 10.7. The van der Waals surface area contributed by atoms with Gasteiger partial charge in [0.25, 0.3) is 5.91 Å². The van der Waals surface area contributed by atoms with Gasteiger partial charge in [-0.15, -0.1) is 0 Å². The molecule has 2 aromatic heterocycles. The fourth-order valence-corrected chi connectivity index (χ4v) is 2.03. The van der Waals surface area contributed by atoms with Crippen molar-refractivity contribution in [2.24, 2.45) is 0 Å². The van der Waals surface area contributed by atoms with Crippen LogP contribution in [0.1, 0.15) is 22.0 Å². The number of halogens is 2. The summed E-state index contributed by atoms with van der Waals surface area (Å²) < 4.78 is 41.2. The van der Waals surface area contributed by atoms with Crippen LogP contribution >= 0.6 is 0 Å². The Morgan fingerprint density at radius 2 is 2.00 bits per heavy atom. The summed E-state index contributed by atoms with van der Waals surface area (Å²) in [6.45, 7) is 0.142. The summed E-state index contributed by atoms with van der Waals surface area (Å²) in [5.41, 5.74) is 0.0888. The molecule has 1 aromatic carbocycles. The molecule has 25 heavy (non-hydrogen) atoms. The Bertz CT molecular complexity index is 864. The summed E-state index contributed by atoms with van der Waals surface area (Å²) in [5.74, 6) is -1.43. The van der Waals surface area contributed by atoms with Gasteiger partial charge in [0, 0.05) is 25.2 Å². The zero-order valence-corrected chi connectivity index (χ0v) is 13.1. The quantitative estimate of drug-likeness (QED) is 0.681. The lowest BCUT2D eigenvalue weighted by Crippen LogP contribution is -2.26. The predicted molar refractivity (Wildman–Crippen MR) is 79.5 cm³/mol. The zero-order chi connectivity index (χ0) is 17.8. The Balaban J connectivity index is 1.59. The van der Waals surface area contributed by atoms with Gasteiger partial charge in [-0.2, -0.15) is 0 Å². The lowest BCUT2D eigenvalue weighted by Gasteiger charge is -2.12. The van der Waals surface area contributed by atoms with Crippen molar-refractivity contribution in [1.29, 1.82) is 0 Å². The molecule has 0 saturated heterocycles. The number of carbonyl (C=O) groups is 1. The van der Waals surface area contributed by atoms with E-state index < -0.39 is 11.6 Å². The van der Waals surface area contributed by atoms with Crippen molar-refractivity contribution in [2.45, 2.75) is 13.2 Å². The maximum Gasteiger partial charge on any atom is 0.276 e. The van der Waals surface area contributed by atoms with Crippen molar-refractivity contribution in [2.75, 3.05) is 7.05 Å². The molecule has 9 heteroatoms. The molecule has 0 aliphatic rings. The van der Waals surface area contributed by atoms with Crippen molar-refractivity contribution < 1.29 is 27.4 Å². The standard InChI is InChI=1S/C16H13F2N3O4/c1-21(8-11-4-5-19-24-11)16(22)15-7-12(25-20-15)9-23-10-2-3-13(17)14(18)6-10/h2-7H,8-9H2,1H3. The summed E-state index contributed by atoms with van der Waals surface area (Å²) in [6, 6.07) is 6.22. The highest BCUT2D eigenvalue weighted by Gasteiger charge is 2.18. The highest BCUT2D eigenvalue weighted by molar-refractivity contribution is 5.91. The number of amides is 1. The topological polar surface area (TPSA) is 81.6 Å². The van der Waals surface area contributed by atoms with Crippen LogP contribution in [-0.2, 0) is 13.2 Å². The summed E-state index contributed by atoms with van der Waals surface area (Å²) in [5, 5.41) is 7.25. The summed E-state index contributed by atoms with van der Waals surface area (Å²) in [4.78, 5) is 13.6. The van der Waals surface area contributed by atoms with E-state index in [0.717, 1.165) is 12.1 Å². The van der Waals surface area contributed by atoms with Crippen LogP contribution in [-0.4, -0.2) is 28.2 Å². The SMILES string of the molecule is CN(Cc1ccno1)C(=O)c1cc(COc2ccc(F)c(F)c2)on1. The molecule has 0 radical (unpaired) electrons. The maximum atomic E-state index is 13.1. The Labute approximate surface area is 140 Å². The molecule has 0 aliphatic heterocycles. The van der Waals surface area contributed by atoms with Gasteiger partial charge in [-0.25, -0.2) is 8.78 Å². The predicted octanol–water partition coefficient (Wildman–Crippen LogP) is 2.79. The number of hydrogen-bond acceptors (Lipinski definition) is 6. The molecule has 1 amide bonds. The van der Waals surface area contributed by atoms with E-state index in [4.69, 9.17) is 13.8 Å². The Morgan fingerprint density at radius 1 is 1.16 bits per heavy atom. The van der Waals surface area contributed by atoms with E-state index >= 15 is 0 Å². The first-order valence-corrected chi connectivity index (χ1v) is 7.21. The monoisotopic (exact) mass is 349 g/mol. The van der Waals surface area contributed by atoms with E-state index in [1.54, 1.807) is 13.1 Å². The number of nitrogens with zero attached hydrogens (tertiary/aromatic N) is 3. The molecule has 0 fully saturated rings. The first kappa shape index (κ1) is 16.6. The highest BCUT2D eigenvalue weighted by Crippen LogP contribution is 2.17. The van der Waals surface area contributed by atoms with Crippen LogP contribution in [0.25, 0.3) is 0 Å². The molecule has 0 spiro atoms. The van der Waals surface area contributed by atoms with Crippen molar-refractivity contribution in [3.8, 4) is 5.75 Å². The molecule has 2 heterocycles. The summed E-state index contributed by atoms with van der Waals surface area (Å²) in [6.07, 6.45) is 1.48. The number of rotatable bonds is 6. The highest BCUT2D eigenvalue weighted by atomic mass is 19.2. The minimum atomic E-state index is -1.01. The van der Waals surface area contributed by atoms with Crippen LogP contribution in [0.15, 0.2) is 45.6 Å². The first-order valence-electron chi connectivity index (χ1n) is 7.21. The maximum absolute atomic E-state index is 13.1. The van der Waals surface area contributed by atoms with Crippen LogP contribution < -0.4 is 4.74 Å². The molecule has 0 saturated carbocycles. The average molecular weight is 349 g/mol. The number of hydrogen-bond donors (Lipinski definition) is 0. The lowest BCUT2D eigenvalue weighted by atomic mass is 10.3. The van der Waals surface area contributed by atoms with Crippen molar-refractivity contribution in [3.63, 3.8) is 0 Å². The number of carbonyl (C=O) groups excluding carboxylic acids is 1. The Morgan fingerprint density at radius 3 is 2.72 bits per heavy atom. The van der Waals surface area contributed by atoms with Gasteiger partial charge >= 0.3 is 0 Å². The minimum absolute atomic E-state index is 0.0861. The third-order valence-electron chi connectivity index (χ3n) is 3.28. The van der Waals surface area contributed by atoms with E-state index in [2.05, 4.69) is 10.3 Å². The van der Waals surface area contributed by atoms with Gasteiger partial charge in [0.05, 0.1) is 12.7 Å². The van der Waals surface area contributed by atoms with Crippen molar-refractivity contribution >= 4 is 5.91 Å². The summed E-state index contributed by atoms with van der Waals surface area (Å²) in [7, 11) is 1.58. The number of ether oxygens (including phenoxy) is 1. The largest absolute Gasteiger partial charge is 0.485 e. The second-order valence-electron chi connectivity index (χ2n) is 5.18. The molecule has 3 rings (SSSR count). The fraction of sp³-hybridized carbons (Fsp3) is 0.188. The van der Waals surface area contributed by atoms with Crippen molar-refractivity contribution in [1.82, 2.24) is 15.2 Å². The Kier molecular flexibility index (Phi) is 4.73. The second-order valence-corrected chi connectivity index (χ2v) is 5.18. The molecule has 0 aliphatic carbocycles. The van der Waals surface area contributed by atoms with Crippen LogP contribution in [0.4, 0.5) is 8.78 Å². The van der Waals surface area contributed by atoms with Gasteiger partial charge in [-0.1, -0.05) is 10.3 Å². The smallest absolute Gasteiger partial charge is 0.276 e. The molecular weight excluding hydrogens is 336 g/mol. The third kappa shape index (κ3) is 4.00. The minimum Gasteiger partial charge on any atom is -0.485 e. The average Bonchev–Trinajstić information content (AvgIpc) is 3.27. The molecule has 0 atom stereocenters. The second kappa shape index (κ2) is 7.12. The summed E-state index contributed by atoms with van der Waals surface area (Å²) >= 11 is 0. The molecule has 0 N–H and O–H groups in total. The van der Waals surface area contributed by atoms with Crippen LogP contribution in [0, 0.1) is 11.6 Å². The van der Waals surface area contributed by atoms with Crippen LogP contribution in [0.3, 0.4) is 0 Å². The van der Waals surface area contributed by atoms with E-state index in [0.29, 0.717) is 5.76 Å². The first-order chi connectivity index (χ1) is 12.0. The van der Waals surface area contributed by atoms with Gasteiger partial charge in [0.2, 0.25) is 0 Å². The van der Waals surface area contributed by atoms with Crippen LogP contribution in [0.2, 0.25) is 0 Å². The molecule has 3 aromatic rings. The van der Waals surface area contributed by atoms with E-state index in [1.165, 1.54) is 23.2 Å². The van der Waals surface area contributed by atoms with E-state index in [1.807, 2.05) is 0 Å². The third-order valence-corrected chi connectivity index (χ3v) is 3.28.